The summed E-state index contributed by atoms with van der Waals surface area (Å²) in [6, 6.07) is 8.28. The average Bonchev–Trinajstić information content (AvgIpc) is 3.50. The number of fused-ring (bicyclic) bond motifs is 1. The van der Waals surface area contributed by atoms with Gasteiger partial charge in [-0.15, -0.1) is 0 Å². The molecule has 2 aliphatic heterocycles. The van der Waals surface area contributed by atoms with Gasteiger partial charge in [0, 0.05) is 48.7 Å². The Kier molecular flexibility index (Phi) is 5.24. The van der Waals surface area contributed by atoms with Crippen molar-refractivity contribution in [1.82, 2.24) is 19.8 Å². The van der Waals surface area contributed by atoms with E-state index < -0.39 is 0 Å². The number of amides is 1. The first kappa shape index (κ1) is 20.7. The lowest BCUT2D eigenvalue weighted by Crippen LogP contribution is -2.44. The third kappa shape index (κ3) is 3.48. The number of likely N-dealkylation sites (N-methyl/N-ethyl adjacent to an activating group) is 1. The number of nitrogens with zero attached hydrogens (tertiary/aromatic N) is 6. The summed E-state index contributed by atoms with van der Waals surface area (Å²) in [5.74, 6) is 1.37. The fourth-order valence-electron chi connectivity index (χ4n) is 5.39. The van der Waals surface area contributed by atoms with E-state index in [1.54, 1.807) is 0 Å². The van der Waals surface area contributed by atoms with Crippen molar-refractivity contribution in [3.05, 3.63) is 47.3 Å². The highest BCUT2D eigenvalue weighted by Crippen LogP contribution is 2.40. The van der Waals surface area contributed by atoms with E-state index in [1.165, 1.54) is 12.8 Å². The zero-order chi connectivity index (χ0) is 22.4. The Morgan fingerprint density at radius 1 is 1.31 bits per heavy atom. The minimum atomic E-state index is 0.0219. The number of likely N-dealkylation sites (tertiary alicyclic amines) is 1. The highest BCUT2D eigenvalue weighted by atomic mass is 16.2. The Morgan fingerprint density at radius 3 is 2.84 bits per heavy atom. The molecule has 1 amide bonds. The van der Waals surface area contributed by atoms with Gasteiger partial charge in [0.25, 0.3) is 5.91 Å². The molecular weight excluding hydrogens is 400 g/mol. The SMILES string of the molecule is CC[C@@H]1[C@H](N(C)C(=O)c2ccc3c(c2)CCN3c2nccc(C3CC3)n2)C[C@H](C)N1C#N. The van der Waals surface area contributed by atoms with E-state index >= 15 is 0 Å². The molecule has 1 aliphatic carbocycles. The maximum Gasteiger partial charge on any atom is 0.253 e. The number of rotatable bonds is 5. The zero-order valence-electron chi connectivity index (χ0n) is 19.0. The van der Waals surface area contributed by atoms with E-state index in [0.717, 1.165) is 48.7 Å². The molecule has 0 spiro atoms. The first-order chi connectivity index (χ1) is 15.5. The number of nitriles is 1. The monoisotopic (exact) mass is 430 g/mol. The maximum atomic E-state index is 13.4. The Balaban J connectivity index is 1.36. The molecular formula is C25H30N6O. The number of hydrogen-bond acceptors (Lipinski definition) is 6. The van der Waals surface area contributed by atoms with Crippen molar-refractivity contribution in [3.63, 3.8) is 0 Å². The van der Waals surface area contributed by atoms with E-state index in [1.807, 2.05) is 47.3 Å². The number of carbonyl (C=O) groups is 1. The second-order valence-corrected chi connectivity index (χ2v) is 9.35. The largest absolute Gasteiger partial charge is 0.337 e. The van der Waals surface area contributed by atoms with Gasteiger partial charge >= 0.3 is 0 Å². The van der Waals surface area contributed by atoms with Crippen LogP contribution < -0.4 is 4.90 Å². The maximum absolute atomic E-state index is 13.4. The summed E-state index contributed by atoms with van der Waals surface area (Å²) in [6.07, 6.45) is 9.16. The quantitative estimate of drug-likeness (QED) is 0.671. The van der Waals surface area contributed by atoms with Gasteiger partial charge in [-0.3, -0.25) is 4.79 Å². The second kappa shape index (κ2) is 8.09. The first-order valence-electron chi connectivity index (χ1n) is 11.7. The molecule has 0 N–H and O–H groups in total. The smallest absolute Gasteiger partial charge is 0.253 e. The third-order valence-electron chi connectivity index (χ3n) is 7.33. The van der Waals surface area contributed by atoms with Crippen LogP contribution in [0.5, 0.6) is 0 Å². The van der Waals surface area contributed by atoms with Gasteiger partial charge in [0.05, 0.1) is 12.1 Å². The summed E-state index contributed by atoms with van der Waals surface area (Å²) in [4.78, 5) is 28.5. The molecule has 3 aliphatic rings. The lowest BCUT2D eigenvalue weighted by atomic mass is 10.0. The molecule has 0 unspecified atom stereocenters. The van der Waals surface area contributed by atoms with E-state index in [0.29, 0.717) is 11.5 Å². The number of hydrogen-bond donors (Lipinski definition) is 0. The fourth-order valence-corrected chi connectivity index (χ4v) is 5.39. The van der Waals surface area contributed by atoms with Crippen molar-refractivity contribution in [2.24, 2.45) is 0 Å². The molecule has 2 aromatic rings. The van der Waals surface area contributed by atoms with Crippen LogP contribution in [0.15, 0.2) is 30.5 Å². The van der Waals surface area contributed by atoms with E-state index in [2.05, 4.69) is 29.9 Å². The average molecular weight is 431 g/mol. The van der Waals surface area contributed by atoms with Gasteiger partial charge in [-0.1, -0.05) is 6.92 Å². The molecule has 3 heterocycles. The predicted octanol–water partition coefficient (Wildman–Crippen LogP) is 3.84. The van der Waals surface area contributed by atoms with Crippen molar-refractivity contribution < 1.29 is 4.79 Å². The van der Waals surface area contributed by atoms with Crippen LogP contribution in [-0.4, -0.2) is 57.4 Å². The molecule has 7 heteroatoms. The molecule has 1 saturated carbocycles. The summed E-state index contributed by atoms with van der Waals surface area (Å²) >= 11 is 0. The van der Waals surface area contributed by atoms with Gasteiger partial charge in [0.1, 0.15) is 0 Å². The Morgan fingerprint density at radius 2 is 2.12 bits per heavy atom. The topological polar surface area (TPSA) is 76.4 Å². The molecule has 166 valence electrons. The summed E-state index contributed by atoms with van der Waals surface area (Å²) in [7, 11) is 1.88. The minimum Gasteiger partial charge on any atom is -0.337 e. The van der Waals surface area contributed by atoms with Crippen LogP contribution in [0.4, 0.5) is 11.6 Å². The Bertz CT molecular complexity index is 1070. The van der Waals surface area contributed by atoms with Gasteiger partial charge in [0.2, 0.25) is 5.95 Å². The molecule has 1 saturated heterocycles. The van der Waals surface area contributed by atoms with Crippen LogP contribution >= 0.6 is 0 Å². The number of aromatic nitrogens is 2. The fraction of sp³-hybridized carbons (Fsp3) is 0.520. The van der Waals surface area contributed by atoms with Crippen molar-refractivity contribution in [1.29, 1.82) is 5.26 Å². The molecule has 0 bridgehead atoms. The van der Waals surface area contributed by atoms with Crippen molar-refractivity contribution >= 4 is 17.5 Å². The van der Waals surface area contributed by atoms with E-state index in [4.69, 9.17) is 4.98 Å². The Hall–Kier alpha value is -3.14. The normalized spacial score (nSPS) is 24.4. The number of carbonyl (C=O) groups excluding carboxylic acids is 1. The lowest BCUT2D eigenvalue weighted by molar-refractivity contribution is 0.0702. The summed E-state index contributed by atoms with van der Waals surface area (Å²) < 4.78 is 0. The van der Waals surface area contributed by atoms with Crippen molar-refractivity contribution in [2.75, 3.05) is 18.5 Å². The third-order valence-corrected chi connectivity index (χ3v) is 7.33. The molecule has 1 aromatic carbocycles. The zero-order valence-corrected chi connectivity index (χ0v) is 19.0. The predicted molar refractivity (Wildman–Crippen MR) is 123 cm³/mol. The molecule has 32 heavy (non-hydrogen) atoms. The molecule has 2 fully saturated rings. The van der Waals surface area contributed by atoms with Gasteiger partial charge in [0.15, 0.2) is 6.19 Å². The highest BCUT2D eigenvalue weighted by Gasteiger charge is 2.41. The van der Waals surface area contributed by atoms with Crippen LogP contribution in [0.3, 0.4) is 0 Å². The second-order valence-electron chi connectivity index (χ2n) is 9.35. The number of benzene rings is 1. The van der Waals surface area contributed by atoms with Crippen molar-refractivity contribution in [2.45, 2.75) is 70.0 Å². The van der Waals surface area contributed by atoms with Crippen LogP contribution in [0.1, 0.15) is 67.1 Å². The van der Waals surface area contributed by atoms with Crippen molar-refractivity contribution in [3.8, 4) is 6.19 Å². The molecule has 1 aromatic heterocycles. The molecule has 3 atom stereocenters. The molecule has 5 rings (SSSR count). The highest BCUT2D eigenvalue weighted by molar-refractivity contribution is 5.95. The molecule has 7 nitrogen and oxygen atoms in total. The van der Waals surface area contributed by atoms with Gasteiger partial charge in [-0.25, -0.2) is 9.97 Å². The molecule has 0 radical (unpaired) electrons. The van der Waals surface area contributed by atoms with Crippen LogP contribution in [0.2, 0.25) is 0 Å². The van der Waals surface area contributed by atoms with Crippen LogP contribution in [0, 0.1) is 11.5 Å². The summed E-state index contributed by atoms with van der Waals surface area (Å²) in [5.41, 5.74) is 4.10. The minimum absolute atomic E-state index is 0.0219. The standard InChI is InChI=1S/C25H30N6O/c1-4-21-23(13-16(2)31(21)15-26)29(3)24(32)19-7-8-22-18(14-19)10-12-30(22)25-27-11-9-20(28-25)17-5-6-17/h7-9,11,14,16-17,21,23H,4-6,10,12-13H2,1-3H3/t16-,21+,23+/m0/s1. The number of anilines is 2. The first-order valence-corrected chi connectivity index (χ1v) is 11.7. The van der Waals surface area contributed by atoms with Crippen LogP contribution in [-0.2, 0) is 6.42 Å². The lowest BCUT2D eigenvalue weighted by Gasteiger charge is -2.31. The van der Waals surface area contributed by atoms with E-state index in [-0.39, 0.29) is 24.0 Å². The van der Waals surface area contributed by atoms with Gasteiger partial charge < -0.3 is 14.7 Å². The van der Waals surface area contributed by atoms with E-state index in [9.17, 15) is 10.1 Å². The van der Waals surface area contributed by atoms with Gasteiger partial charge in [-0.2, -0.15) is 5.26 Å². The summed E-state index contributed by atoms with van der Waals surface area (Å²) in [5, 5.41) is 9.53. The van der Waals surface area contributed by atoms with Gasteiger partial charge in [-0.05, 0) is 68.9 Å². The summed E-state index contributed by atoms with van der Waals surface area (Å²) in [6.45, 7) is 4.98. The van der Waals surface area contributed by atoms with Crippen LogP contribution in [0.25, 0.3) is 0 Å². The Labute approximate surface area is 189 Å².